The maximum Gasteiger partial charge on any atom is 0.508 e. The van der Waals surface area contributed by atoms with Crippen molar-refractivity contribution < 1.29 is 56.4 Å². The van der Waals surface area contributed by atoms with Crippen molar-refractivity contribution in [3.8, 4) is 17.6 Å². The molecule has 2 fully saturated rings. The molecular formula is C37H42F3N5O9S. The number of aliphatic hydroxyl groups is 1. The highest BCUT2D eigenvalue weighted by Crippen LogP contribution is 2.39. The normalized spacial score (nSPS) is 16.7. The fourth-order valence-electron chi connectivity index (χ4n) is 6.25. The smallest absolute Gasteiger partial charge is 0.489 e. The predicted octanol–water partition coefficient (Wildman–Crippen LogP) is 3.79. The number of benzene rings is 2. The highest BCUT2D eigenvalue weighted by Gasteiger charge is 2.32. The van der Waals surface area contributed by atoms with Crippen molar-refractivity contribution in [1.29, 1.82) is 0 Å². The zero-order chi connectivity index (χ0) is 39.5. The molecule has 14 nitrogen and oxygen atoms in total. The third-order valence-corrected chi connectivity index (χ3v) is 10.1. The predicted molar refractivity (Wildman–Crippen MR) is 197 cm³/mol. The number of halogens is 3. The number of methoxy groups -OCH3 is 1. The summed E-state index contributed by atoms with van der Waals surface area (Å²) >= 11 is 1.19. The number of carbonyl (C=O) groups excluding carboxylic acids is 4. The van der Waals surface area contributed by atoms with Gasteiger partial charge in [-0.05, 0) is 54.5 Å². The summed E-state index contributed by atoms with van der Waals surface area (Å²) in [6, 6.07) is 8.57. The van der Waals surface area contributed by atoms with E-state index in [1.54, 1.807) is 12.1 Å². The van der Waals surface area contributed by atoms with Crippen molar-refractivity contribution in [2.45, 2.75) is 56.5 Å². The number of alkyl halides is 3. The van der Waals surface area contributed by atoms with E-state index in [4.69, 9.17) is 24.7 Å². The number of amides is 2. The van der Waals surface area contributed by atoms with Gasteiger partial charge in [0.15, 0.2) is 6.10 Å². The minimum atomic E-state index is -4.47. The molecule has 0 saturated carbocycles. The molecule has 0 aliphatic carbocycles. The van der Waals surface area contributed by atoms with Crippen LogP contribution >= 0.6 is 11.3 Å². The van der Waals surface area contributed by atoms with Gasteiger partial charge in [0.1, 0.15) is 25.0 Å². The van der Waals surface area contributed by atoms with Crippen LogP contribution in [0, 0.1) is 11.8 Å². The van der Waals surface area contributed by atoms with Gasteiger partial charge in [0.05, 0.1) is 47.6 Å². The number of hydrogen-bond acceptors (Lipinski definition) is 13. The molecule has 5 rings (SSSR count). The fourth-order valence-corrected chi connectivity index (χ4v) is 7.42. The Morgan fingerprint density at radius 1 is 1.16 bits per heavy atom. The topological polar surface area (TPSA) is 191 Å². The van der Waals surface area contributed by atoms with Gasteiger partial charge >= 0.3 is 18.3 Å². The lowest BCUT2D eigenvalue weighted by Crippen LogP contribution is -2.43. The second-order valence-corrected chi connectivity index (χ2v) is 13.9. The van der Waals surface area contributed by atoms with Gasteiger partial charge in [-0.3, -0.25) is 14.5 Å². The number of nitrogens with two attached hydrogens (primary N) is 1. The second-order valence-electron chi connectivity index (χ2n) is 12.9. The first-order valence-corrected chi connectivity index (χ1v) is 18.4. The number of likely N-dealkylation sites (tertiary alicyclic amines) is 1. The van der Waals surface area contributed by atoms with Crippen LogP contribution < -0.4 is 26.4 Å². The Kier molecular flexibility index (Phi) is 14.0. The van der Waals surface area contributed by atoms with Crippen molar-refractivity contribution >= 4 is 56.7 Å². The molecule has 0 spiro atoms. The van der Waals surface area contributed by atoms with Crippen molar-refractivity contribution in [3.05, 3.63) is 52.4 Å². The number of piperidine rings is 1. The highest BCUT2D eigenvalue weighted by atomic mass is 32.1. The molecule has 18 heteroatoms. The molecule has 296 valence electrons. The number of hydrogen-bond donors (Lipinski definition) is 5. The minimum Gasteiger partial charge on any atom is -0.489 e. The molecule has 2 aliphatic heterocycles. The van der Waals surface area contributed by atoms with E-state index in [1.807, 2.05) is 6.07 Å². The van der Waals surface area contributed by atoms with Crippen LogP contribution in [0.4, 0.5) is 29.3 Å². The summed E-state index contributed by atoms with van der Waals surface area (Å²) in [5, 5.41) is 18.9. The van der Waals surface area contributed by atoms with Crippen molar-refractivity contribution in [2.75, 3.05) is 63.7 Å². The number of carbonyl (C=O) groups is 4. The van der Waals surface area contributed by atoms with Crippen molar-refractivity contribution in [3.63, 3.8) is 0 Å². The lowest BCUT2D eigenvalue weighted by molar-refractivity contribution is -0.143. The maximum atomic E-state index is 13.8. The quantitative estimate of drug-likeness (QED) is 0.104. The van der Waals surface area contributed by atoms with E-state index in [-0.39, 0.29) is 73.1 Å². The summed E-state index contributed by atoms with van der Waals surface area (Å²) in [5.41, 5.74) is 6.49. The Balaban J connectivity index is 1.28. The number of cyclic esters (lactones) is 2. The molecule has 2 saturated heterocycles. The lowest BCUT2D eigenvalue weighted by atomic mass is 10.0. The molecule has 6 N–H and O–H groups in total. The van der Waals surface area contributed by atoms with E-state index < -0.39 is 42.6 Å². The average Bonchev–Trinajstić information content (AvgIpc) is 3.72. The number of anilines is 2. The van der Waals surface area contributed by atoms with Gasteiger partial charge in [-0.25, -0.2) is 9.59 Å². The van der Waals surface area contributed by atoms with Crippen LogP contribution in [-0.4, -0.2) is 111 Å². The zero-order valence-corrected chi connectivity index (χ0v) is 30.8. The molecule has 2 aliphatic rings. The van der Waals surface area contributed by atoms with Crippen LogP contribution in [0.1, 0.15) is 46.5 Å². The summed E-state index contributed by atoms with van der Waals surface area (Å²) in [4.78, 5) is 50.1. The summed E-state index contributed by atoms with van der Waals surface area (Å²) in [6.45, 7) is 1.88. The molecule has 55 heavy (non-hydrogen) atoms. The Hall–Kier alpha value is -5.25. The molecule has 1 aromatic heterocycles. The van der Waals surface area contributed by atoms with Gasteiger partial charge in [-0.2, -0.15) is 13.2 Å². The van der Waals surface area contributed by atoms with Crippen LogP contribution in [0.25, 0.3) is 10.1 Å². The Labute approximate surface area is 318 Å². The molecule has 2 amide bonds. The van der Waals surface area contributed by atoms with Gasteiger partial charge < -0.3 is 45.7 Å². The molecule has 2 unspecified atom stereocenters. The van der Waals surface area contributed by atoms with Crippen LogP contribution in [0.15, 0.2) is 36.4 Å². The van der Waals surface area contributed by atoms with Crippen LogP contribution in [-0.2, 0) is 30.2 Å². The summed E-state index contributed by atoms with van der Waals surface area (Å²) in [7, 11) is 1.14. The van der Waals surface area contributed by atoms with Crippen molar-refractivity contribution in [2.24, 2.45) is 5.73 Å². The number of primary amides is 1. The number of rotatable bonds is 16. The number of thiophene rings is 1. The van der Waals surface area contributed by atoms with Gasteiger partial charge in [0, 0.05) is 37.7 Å². The van der Waals surface area contributed by atoms with Crippen LogP contribution in [0.2, 0.25) is 0 Å². The fraction of sp³-hybridized carbons (Fsp3) is 0.459. The van der Waals surface area contributed by atoms with E-state index >= 15 is 0 Å². The van der Waals surface area contributed by atoms with Gasteiger partial charge in [0.25, 0.3) is 5.91 Å². The van der Waals surface area contributed by atoms with Gasteiger partial charge in [0.2, 0.25) is 5.91 Å². The Bertz CT molecular complexity index is 1920. The molecular weight excluding hydrogens is 747 g/mol. The molecule has 2 atom stereocenters. The Morgan fingerprint density at radius 2 is 1.95 bits per heavy atom. The zero-order valence-electron chi connectivity index (χ0n) is 30.0. The standard InChI is InChI=1S/C37H42F3N5O9S/c1-51-35(49)29(9-10-32(41)47)44-34(48)22-7-8-27(30(18-22)52-17-16-46)42-13-3-6-31-26(19-37(38,39)40)25-4-2-5-28(33(25)55-31)43-23-11-14-45(15-12-23)20-24-21-53-36(50)54-24/h2,4-5,7-8,18,23-24,29,42-43,46H,9-17,19-21H2,1H3,(H2,41,47)(H,44,48). The largest absolute Gasteiger partial charge is 0.508 e. The molecule has 3 heterocycles. The van der Waals surface area contributed by atoms with Crippen LogP contribution in [0.5, 0.6) is 5.75 Å². The SMILES string of the molecule is COC(=O)C(CCC(N)=O)NC(=O)c1ccc(NCC#Cc2sc3c(NC4CCN(CC5COC(=O)O5)CC4)cccc3c2CC(F)(F)F)c(OCCO)c1. The van der Waals surface area contributed by atoms with Gasteiger partial charge in [-0.15, -0.1) is 11.3 Å². The minimum absolute atomic E-state index is 0.00583. The van der Waals surface area contributed by atoms with E-state index in [0.717, 1.165) is 38.7 Å². The lowest BCUT2D eigenvalue weighted by Gasteiger charge is -2.33. The second kappa shape index (κ2) is 18.9. The van der Waals surface area contributed by atoms with E-state index in [9.17, 15) is 37.5 Å². The number of fused-ring (bicyclic) bond motifs is 1. The third kappa shape index (κ3) is 11.6. The molecule has 3 aromatic rings. The number of nitrogens with one attached hydrogen (secondary N) is 3. The van der Waals surface area contributed by atoms with E-state index in [1.165, 1.54) is 29.5 Å². The summed E-state index contributed by atoms with van der Waals surface area (Å²) in [6.07, 6.45) is -5.22. The summed E-state index contributed by atoms with van der Waals surface area (Å²) in [5.74, 6) is 3.93. The van der Waals surface area contributed by atoms with E-state index in [0.29, 0.717) is 22.3 Å². The summed E-state index contributed by atoms with van der Waals surface area (Å²) < 4.78 is 62.5. The first-order valence-electron chi connectivity index (χ1n) is 17.5. The number of ether oxygens (including phenoxy) is 4. The molecule has 2 aromatic carbocycles. The Morgan fingerprint density at radius 3 is 2.62 bits per heavy atom. The third-order valence-electron chi connectivity index (χ3n) is 8.89. The number of esters is 1. The average molecular weight is 790 g/mol. The first kappa shape index (κ1) is 40.9. The monoisotopic (exact) mass is 789 g/mol. The van der Waals surface area contributed by atoms with E-state index in [2.05, 4.69) is 32.7 Å². The number of nitrogens with zero attached hydrogens (tertiary/aromatic N) is 1. The van der Waals surface area contributed by atoms with Crippen molar-refractivity contribution in [1.82, 2.24) is 10.2 Å². The maximum absolute atomic E-state index is 13.8. The number of aliphatic hydroxyl groups excluding tert-OH is 1. The van der Waals surface area contributed by atoms with Crippen LogP contribution in [0.3, 0.4) is 0 Å². The molecule has 0 bridgehead atoms. The highest BCUT2D eigenvalue weighted by molar-refractivity contribution is 7.20. The first-order chi connectivity index (χ1) is 26.3. The van der Waals surface area contributed by atoms with Gasteiger partial charge in [-0.1, -0.05) is 24.0 Å². The molecule has 0 radical (unpaired) electrons.